The Labute approximate surface area is 92.1 Å². The van der Waals surface area contributed by atoms with Crippen LogP contribution in [0.5, 0.6) is 0 Å². The number of nitrogens with one attached hydrogen (secondary N) is 1. The van der Waals surface area contributed by atoms with E-state index in [9.17, 15) is 0 Å². The highest BCUT2D eigenvalue weighted by Gasteiger charge is 2.25. The van der Waals surface area contributed by atoms with Crippen LogP contribution in [-0.4, -0.2) is 48.6 Å². The van der Waals surface area contributed by atoms with Crippen LogP contribution in [0.4, 0.5) is 0 Å². The Balaban J connectivity index is 2.44. The molecule has 0 saturated carbocycles. The van der Waals surface area contributed by atoms with Gasteiger partial charge in [0.05, 0.1) is 0 Å². The van der Waals surface area contributed by atoms with Crippen LogP contribution in [0.25, 0.3) is 0 Å². The minimum Gasteiger partial charge on any atom is -0.309 e. The van der Waals surface area contributed by atoms with Gasteiger partial charge in [0, 0.05) is 30.1 Å². The lowest BCUT2D eigenvalue weighted by atomic mass is 10.1. The minimum atomic E-state index is 0.452. The molecule has 1 saturated heterocycles. The van der Waals surface area contributed by atoms with Crippen molar-refractivity contribution in [1.29, 1.82) is 0 Å². The van der Waals surface area contributed by atoms with Crippen LogP contribution in [-0.2, 0) is 0 Å². The predicted molar refractivity (Wildman–Crippen MR) is 66.0 cm³/mol. The molecule has 0 aromatic rings. The topological polar surface area (TPSA) is 15.3 Å². The lowest BCUT2D eigenvalue weighted by Crippen LogP contribution is -2.51. The summed E-state index contributed by atoms with van der Waals surface area (Å²) in [5, 5.41) is 3.55. The second-order valence-electron chi connectivity index (χ2n) is 3.84. The first kappa shape index (κ1) is 12.1. The van der Waals surface area contributed by atoms with Crippen molar-refractivity contribution in [1.82, 2.24) is 10.2 Å². The van der Waals surface area contributed by atoms with Gasteiger partial charge in [-0.3, -0.25) is 4.90 Å². The Morgan fingerprint density at radius 2 is 2.50 bits per heavy atom. The molecule has 0 bridgehead atoms. The molecule has 82 valence electrons. The molecular formula is C11H22N2S. The van der Waals surface area contributed by atoms with Gasteiger partial charge < -0.3 is 5.32 Å². The molecule has 1 aliphatic heterocycles. The van der Waals surface area contributed by atoms with E-state index in [1.165, 1.54) is 24.5 Å². The van der Waals surface area contributed by atoms with Crippen LogP contribution in [0.2, 0.25) is 0 Å². The minimum absolute atomic E-state index is 0.452. The highest BCUT2D eigenvalue weighted by Crippen LogP contribution is 2.17. The average Bonchev–Trinajstić information content (AvgIpc) is 2.21. The molecule has 1 aliphatic rings. The summed E-state index contributed by atoms with van der Waals surface area (Å²) in [7, 11) is 2.22. The maximum absolute atomic E-state index is 3.93. The van der Waals surface area contributed by atoms with Gasteiger partial charge in [0.2, 0.25) is 0 Å². The number of nitrogens with zero attached hydrogens (tertiary/aromatic N) is 1. The maximum Gasteiger partial charge on any atom is 0.0412 e. The molecule has 3 heteroatoms. The molecule has 0 aromatic heterocycles. The summed E-state index contributed by atoms with van der Waals surface area (Å²) < 4.78 is 0. The van der Waals surface area contributed by atoms with Gasteiger partial charge in [0.15, 0.2) is 0 Å². The van der Waals surface area contributed by atoms with Gasteiger partial charge in [0.25, 0.3) is 0 Å². The van der Waals surface area contributed by atoms with E-state index in [-0.39, 0.29) is 0 Å². The largest absolute Gasteiger partial charge is 0.309 e. The van der Waals surface area contributed by atoms with Crippen LogP contribution < -0.4 is 5.32 Å². The third-order valence-corrected chi connectivity index (χ3v) is 3.79. The fourth-order valence-corrected chi connectivity index (χ4v) is 3.06. The van der Waals surface area contributed by atoms with Crippen molar-refractivity contribution in [3.05, 3.63) is 12.7 Å². The second-order valence-corrected chi connectivity index (χ2v) is 4.99. The normalized spacial score (nSPS) is 26.0. The van der Waals surface area contributed by atoms with Crippen molar-refractivity contribution in [3.63, 3.8) is 0 Å². The van der Waals surface area contributed by atoms with Crippen LogP contribution in [0.15, 0.2) is 12.7 Å². The fourth-order valence-electron chi connectivity index (χ4n) is 1.77. The van der Waals surface area contributed by atoms with Gasteiger partial charge in [-0.15, -0.1) is 6.58 Å². The summed E-state index contributed by atoms with van der Waals surface area (Å²) in [5.41, 5.74) is 0. The number of likely N-dealkylation sites (N-methyl/N-ethyl adjacent to an activating group) is 1. The van der Waals surface area contributed by atoms with Crippen molar-refractivity contribution in [2.45, 2.75) is 25.4 Å². The Bertz CT molecular complexity index is 173. The molecule has 0 spiro atoms. The van der Waals surface area contributed by atoms with E-state index in [0.29, 0.717) is 12.1 Å². The molecule has 0 aliphatic carbocycles. The third kappa shape index (κ3) is 3.30. The summed E-state index contributed by atoms with van der Waals surface area (Å²) in [5.74, 6) is 2.49. The summed E-state index contributed by atoms with van der Waals surface area (Å²) in [6.45, 7) is 8.42. The number of hydrogen-bond donors (Lipinski definition) is 1. The molecule has 1 rings (SSSR count). The molecule has 2 unspecified atom stereocenters. The lowest BCUT2D eigenvalue weighted by Gasteiger charge is -2.36. The number of thioether (sulfide) groups is 1. The highest BCUT2D eigenvalue weighted by molar-refractivity contribution is 7.99. The molecule has 0 aromatic carbocycles. The van der Waals surface area contributed by atoms with Crippen LogP contribution in [0, 0.1) is 0 Å². The molecule has 1 fully saturated rings. The van der Waals surface area contributed by atoms with Crippen molar-refractivity contribution < 1.29 is 0 Å². The van der Waals surface area contributed by atoms with E-state index >= 15 is 0 Å². The molecule has 0 radical (unpaired) electrons. The van der Waals surface area contributed by atoms with Gasteiger partial charge in [-0.2, -0.15) is 11.8 Å². The zero-order chi connectivity index (χ0) is 10.4. The quantitative estimate of drug-likeness (QED) is 0.700. The van der Waals surface area contributed by atoms with Crippen molar-refractivity contribution in [3.8, 4) is 0 Å². The zero-order valence-electron chi connectivity index (χ0n) is 9.33. The smallest absolute Gasteiger partial charge is 0.0412 e. The van der Waals surface area contributed by atoms with Gasteiger partial charge >= 0.3 is 0 Å². The van der Waals surface area contributed by atoms with Crippen molar-refractivity contribution >= 4 is 11.8 Å². The molecule has 2 nitrogen and oxygen atoms in total. The SMILES string of the molecule is C=CC(NCCC)C1CSCCN1C. The third-order valence-electron chi connectivity index (χ3n) is 2.74. The van der Waals surface area contributed by atoms with E-state index in [0.717, 1.165) is 6.54 Å². The molecular weight excluding hydrogens is 192 g/mol. The lowest BCUT2D eigenvalue weighted by molar-refractivity contribution is 0.235. The molecule has 14 heavy (non-hydrogen) atoms. The van der Waals surface area contributed by atoms with Crippen LogP contribution in [0.3, 0.4) is 0 Å². The van der Waals surface area contributed by atoms with Gasteiger partial charge in [-0.25, -0.2) is 0 Å². The standard InChI is InChI=1S/C11H22N2S/c1-4-6-12-10(5-2)11-9-14-8-7-13(11)3/h5,10-12H,2,4,6-9H2,1,3H3. The first-order chi connectivity index (χ1) is 6.79. The highest BCUT2D eigenvalue weighted by atomic mass is 32.2. The van der Waals surface area contributed by atoms with Crippen molar-refractivity contribution in [2.75, 3.05) is 31.6 Å². The Hall–Kier alpha value is 0.01000. The zero-order valence-corrected chi connectivity index (χ0v) is 10.1. The Morgan fingerprint density at radius 3 is 3.07 bits per heavy atom. The molecule has 2 atom stereocenters. The Morgan fingerprint density at radius 1 is 1.71 bits per heavy atom. The van der Waals surface area contributed by atoms with Gasteiger partial charge in [-0.05, 0) is 20.0 Å². The van der Waals surface area contributed by atoms with Crippen LogP contribution >= 0.6 is 11.8 Å². The van der Waals surface area contributed by atoms with E-state index < -0.39 is 0 Å². The number of hydrogen-bond acceptors (Lipinski definition) is 3. The molecule has 0 amide bonds. The second kappa shape index (κ2) is 6.49. The first-order valence-electron chi connectivity index (χ1n) is 5.43. The van der Waals surface area contributed by atoms with Crippen molar-refractivity contribution in [2.24, 2.45) is 0 Å². The van der Waals surface area contributed by atoms with E-state index in [4.69, 9.17) is 0 Å². The van der Waals surface area contributed by atoms with E-state index in [1.54, 1.807) is 0 Å². The summed E-state index contributed by atoms with van der Waals surface area (Å²) in [4.78, 5) is 2.45. The maximum atomic E-state index is 3.93. The van der Waals surface area contributed by atoms with Crippen LogP contribution in [0.1, 0.15) is 13.3 Å². The Kier molecular flexibility index (Phi) is 5.60. The summed E-state index contributed by atoms with van der Waals surface area (Å²) in [6, 6.07) is 1.07. The van der Waals surface area contributed by atoms with Gasteiger partial charge in [0.1, 0.15) is 0 Å². The van der Waals surface area contributed by atoms with E-state index in [1.807, 2.05) is 0 Å². The average molecular weight is 214 g/mol. The first-order valence-corrected chi connectivity index (χ1v) is 6.59. The molecule has 1 N–H and O–H groups in total. The van der Waals surface area contributed by atoms with E-state index in [2.05, 4.69) is 48.6 Å². The number of rotatable bonds is 5. The molecule has 1 heterocycles. The fraction of sp³-hybridized carbons (Fsp3) is 0.818. The monoisotopic (exact) mass is 214 g/mol. The summed E-state index contributed by atoms with van der Waals surface area (Å²) in [6.07, 6.45) is 3.25. The van der Waals surface area contributed by atoms with Gasteiger partial charge in [-0.1, -0.05) is 13.0 Å². The predicted octanol–water partition coefficient (Wildman–Crippen LogP) is 1.59. The summed E-state index contributed by atoms with van der Waals surface area (Å²) >= 11 is 2.05.